The number of benzene rings is 3. The largest absolute Gasteiger partial charge is 0.489 e. The van der Waals surface area contributed by atoms with Gasteiger partial charge in [-0.3, -0.25) is 4.79 Å². The van der Waals surface area contributed by atoms with Crippen molar-refractivity contribution in [1.82, 2.24) is 4.57 Å². The maximum atomic E-state index is 11.3. The molecule has 0 radical (unpaired) electrons. The third-order valence-electron chi connectivity index (χ3n) is 5.24. The van der Waals surface area contributed by atoms with Crippen molar-refractivity contribution in [2.45, 2.75) is 26.4 Å². The van der Waals surface area contributed by atoms with Crippen molar-refractivity contribution in [2.75, 3.05) is 7.11 Å². The number of nitrogens with zero attached hydrogens (tertiary/aromatic N) is 1. The zero-order chi connectivity index (χ0) is 20.9. The highest BCUT2D eigenvalue weighted by molar-refractivity contribution is 5.83. The van der Waals surface area contributed by atoms with Gasteiger partial charge < -0.3 is 14.0 Å². The minimum absolute atomic E-state index is 0.194. The van der Waals surface area contributed by atoms with Crippen molar-refractivity contribution in [3.63, 3.8) is 0 Å². The van der Waals surface area contributed by atoms with Crippen LogP contribution in [0.1, 0.15) is 23.2 Å². The quantitative estimate of drug-likeness (QED) is 0.379. The van der Waals surface area contributed by atoms with Crippen LogP contribution in [0.25, 0.3) is 16.6 Å². The van der Waals surface area contributed by atoms with E-state index >= 15 is 0 Å². The molecule has 0 bridgehead atoms. The van der Waals surface area contributed by atoms with Crippen LogP contribution in [0.4, 0.5) is 0 Å². The lowest BCUT2D eigenvalue weighted by Crippen LogP contribution is -2.02. The summed E-state index contributed by atoms with van der Waals surface area (Å²) >= 11 is 0. The molecule has 4 heteroatoms. The Kier molecular flexibility index (Phi) is 5.84. The summed E-state index contributed by atoms with van der Waals surface area (Å²) in [7, 11) is 1.41. The molecule has 0 unspecified atom stereocenters. The molecule has 0 amide bonds. The number of carbonyl (C=O) groups excluding carboxylic acids is 1. The predicted molar refractivity (Wildman–Crippen MR) is 119 cm³/mol. The van der Waals surface area contributed by atoms with Gasteiger partial charge in [0.25, 0.3) is 0 Å². The van der Waals surface area contributed by atoms with Crippen LogP contribution in [0, 0.1) is 6.92 Å². The molecule has 4 rings (SSSR count). The van der Waals surface area contributed by atoms with Gasteiger partial charge in [-0.25, -0.2) is 0 Å². The second-order valence-electron chi connectivity index (χ2n) is 7.36. The average molecular weight is 399 g/mol. The summed E-state index contributed by atoms with van der Waals surface area (Å²) in [6.07, 6.45) is 1.05. The molecule has 30 heavy (non-hydrogen) atoms. The van der Waals surface area contributed by atoms with Gasteiger partial charge in [-0.15, -0.1) is 0 Å². The van der Waals surface area contributed by atoms with Crippen LogP contribution < -0.4 is 4.74 Å². The highest BCUT2D eigenvalue weighted by atomic mass is 16.5. The molecular weight excluding hydrogens is 374 g/mol. The Morgan fingerprint density at radius 1 is 0.900 bits per heavy atom. The molecular formula is C26H25NO3. The molecule has 0 aliphatic rings. The van der Waals surface area contributed by atoms with Crippen molar-refractivity contribution < 1.29 is 14.3 Å². The van der Waals surface area contributed by atoms with Gasteiger partial charge in [0, 0.05) is 23.2 Å². The molecule has 0 aliphatic heterocycles. The molecule has 4 aromatic rings. The highest BCUT2D eigenvalue weighted by Crippen LogP contribution is 2.25. The normalized spacial score (nSPS) is 10.9. The summed E-state index contributed by atoms with van der Waals surface area (Å²) < 4.78 is 12.9. The first kappa shape index (κ1) is 19.8. The van der Waals surface area contributed by atoms with Gasteiger partial charge in [0.2, 0.25) is 0 Å². The van der Waals surface area contributed by atoms with Crippen LogP contribution >= 0.6 is 0 Å². The summed E-state index contributed by atoms with van der Waals surface area (Å²) in [5.41, 5.74) is 5.74. The molecule has 4 nitrogen and oxygen atoms in total. The van der Waals surface area contributed by atoms with Gasteiger partial charge in [-0.05, 0) is 60.9 Å². The van der Waals surface area contributed by atoms with Gasteiger partial charge in [0.1, 0.15) is 12.4 Å². The number of esters is 1. The van der Waals surface area contributed by atoms with Crippen LogP contribution in [0.3, 0.4) is 0 Å². The molecule has 0 aliphatic carbocycles. The molecule has 3 aromatic carbocycles. The van der Waals surface area contributed by atoms with Crippen LogP contribution in [0.15, 0.2) is 78.9 Å². The molecule has 0 N–H and O–H groups in total. The second kappa shape index (κ2) is 8.87. The van der Waals surface area contributed by atoms with Crippen molar-refractivity contribution >= 4 is 16.9 Å². The minimum atomic E-state index is -0.194. The van der Waals surface area contributed by atoms with E-state index < -0.39 is 0 Å². The second-order valence-corrected chi connectivity index (χ2v) is 7.36. The molecule has 0 atom stereocenters. The van der Waals surface area contributed by atoms with Crippen LogP contribution in [0.2, 0.25) is 0 Å². The number of hydrogen-bond donors (Lipinski definition) is 0. The molecule has 0 saturated heterocycles. The third-order valence-corrected chi connectivity index (χ3v) is 5.24. The maximum absolute atomic E-state index is 11.3. The summed E-state index contributed by atoms with van der Waals surface area (Å²) in [6.45, 7) is 2.62. The number of ether oxygens (including phenoxy) is 2. The number of fused-ring (bicyclic) bond motifs is 1. The highest BCUT2D eigenvalue weighted by Gasteiger charge is 2.08. The molecule has 152 valence electrons. The van der Waals surface area contributed by atoms with Gasteiger partial charge >= 0.3 is 5.97 Å². The lowest BCUT2D eigenvalue weighted by molar-refractivity contribution is -0.140. The SMILES string of the molecule is COC(=O)CCc1ccc(OCc2cccc(-n3c(C)cc4ccccc43)c2)cc1. The van der Waals surface area contributed by atoms with Gasteiger partial charge in [0.15, 0.2) is 0 Å². The Bertz CT molecular complexity index is 1160. The average Bonchev–Trinajstić information content (AvgIpc) is 3.12. The summed E-state index contributed by atoms with van der Waals surface area (Å²) in [4.78, 5) is 11.3. The Morgan fingerprint density at radius 2 is 1.70 bits per heavy atom. The third kappa shape index (κ3) is 4.38. The zero-order valence-electron chi connectivity index (χ0n) is 17.3. The van der Waals surface area contributed by atoms with E-state index in [4.69, 9.17) is 4.74 Å². The Hall–Kier alpha value is -3.53. The van der Waals surface area contributed by atoms with E-state index in [9.17, 15) is 4.79 Å². The molecule has 0 spiro atoms. The predicted octanol–water partition coefficient (Wildman–Crippen LogP) is 5.62. The van der Waals surface area contributed by atoms with Crippen molar-refractivity contribution in [2.24, 2.45) is 0 Å². The lowest BCUT2D eigenvalue weighted by Gasteiger charge is -2.12. The van der Waals surface area contributed by atoms with Crippen LogP contribution in [0.5, 0.6) is 5.75 Å². The summed E-state index contributed by atoms with van der Waals surface area (Å²) in [5, 5.41) is 1.24. The van der Waals surface area contributed by atoms with Gasteiger partial charge in [0.05, 0.1) is 12.6 Å². The molecule has 0 saturated carbocycles. The van der Waals surface area contributed by atoms with E-state index in [-0.39, 0.29) is 5.97 Å². The first-order valence-electron chi connectivity index (χ1n) is 10.1. The topological polar surface area (TPSA) is 40.5 Å². The van der Waals surface area contributed by atoms with E-state index in [1.54, 1.807) is 0 Å². The molecule has 1 heterocycles. The lowest BCUT2D eigenvalue weighted by atomic mass is 10.1. The van der Waals surface area contributed by atoms with E-state index in [0.717, 1.165) is 22.6 Å². The van der Waals surface area contributed by atoms with E-state index in [1.165, 1.54) is 23.7 Å². The number of rotatable bonds is 7. The number of carbonyl (C=O) groups is 1. The van der Waals surface area contributed by atoms with Crippen molar-refractivity contribution in [3.05, 3.63) is 95.7 Å². The van der Waals surface area contributed by atoms with Crippen molar-refractivity contribution in [3.8, 4) is 11.4 Å². The fraction of sp³-hybridized carbons (Fsp3) is 0.192. The first-order chi connectivity index (χ1) is 14.6. The Balaban J connectivity index is 1.45. The standard InChI is InChI=1S/C26H25NO3/c1-19-16-22-7-3-4-9-25(22)27(19)23-8-5-6-21(17-23)18-30-24-13-10-20(11-14-24)12-15-26(28)29-2/h3-11,13-14,16-17H,12,15,18H2,1-2H3. The van der Waals surface area contributed by atoms with Crippen LogP contribution in [-0.2, 0) is 22.6 Å². The fourth-order valence-corrected chi connectivity index (χ4v) is 3.69. The number of aromatic nitrogens is 1. The van der Waals surface area contributed by atoms with Gasteiger partial charge in [-0.2, -0.15) is 0 Å². The number of hydrogen-bond acceptors (Lipinski definition) is 3. The summed E-state index contributed by atoms with van der Waals surface area (Å²) in [6, 6.07) is 26.9. The number of methoxy groups -OCH3 is 1. The monoisotopic (exact) mass is 399 g/mol. The van der Waals surface area contributed by atoms with Crippen molar-refractivity contribution in [1.29, 1.82) is 0 Å². The smallest absolute Gasteiger partial charge is 0.305 e. The first-order valence-corrected chi connectivity index (χ1v) is 10.1. The Labute approximate surface area is 176 Å². The fourth-order valence-electron chi connectivity index (χ4n) is 3.69. The molecule has 0 fully saturated rings. The van der Waals surface area contributed by atoms with E-state index in [1.807, 2.05) is 24.3 Å². The maximum Gasteiger partial charge on any atom is 0.305 e. The summed E-state index contributed by atoms with van der Waals surface area (Å²) in [5.74, 6) is 0.616. The molecule has 1 aromatic heterocycles. The minimum Gasteiger partial charge on any atom is -0.489 e. The van der Waals surface area contributed by atoms with Crippen LogP contribution in [-0.4, -0.2) is 17.6 Å². The number of para-hydroxylation sites is 1. The van der Waals surface area contributed by atoms with E-state index in [0.29, 0.717) is 19.4 Å². The zero-order valence-corrected chi connectivity index (χ0v) is 17.3. The van der Waals surface area contributed by atoms with E-state index in [2.05, 4.69) is 70.8 Å². The van der Waals surface area contributed by atoms with Gasteiger partial charge in [-0.1, -0.05) is 42.5 Å². The number of aryl methyl sites for hydroxylation is 2. The Morgan fingerprint density at radius 3 is 2.50 bits per heavy atom.